The molecule has 0 heterocycles. The van der Waals surface area contributed by atoms with Gasteiger partial charge < -0.3 is 10.6 Å². The van der Waals surface area contributed by atoms with Crippen LogP contribution < -0.4 is 10.6 Å². The van der Waals surface area contributed by atoms with Crippen LogP contribution in [0, 0.1) is 17.6 Å². The number of rotatable bonds is 7. The van der Waals surface area contributed by atoms with Crippen molar-refractivity contribution in [2.45, 2.75) is 19.4 Å². The van der Waals surface area contributed by atoms with Gasteiger partial charge in [0.05, 0.1) is 6.04 Å². The highest BCUT2D eigenvalue weighted by atomic mass is 19.1. The van der Waals surface area contributed by atoms with Crippen molar-refractivity contribution in [3.05, 3.63) is 71.3 Å². The maximum absolute atomic E-state index is 13.6. The van der Waals surface area contributed by atoms with E-state index < -0.39 is 6.04 Å². The summed E-state index contributed by atoms with van der Waals surface area (Å²) in [5.74, 6) is -1.05. The van der Waals surface area contributed by atoms with E-state index in [0.717, 1.165) is 5.56 Å². The van der Waals surface area contributed by atoms with Gasteiger partial charge in [-0.05, 0) is 48.9 Å². The Balaban J connectivity index is 2.22. The van der Waals surface area contributed by atoms with Gasteiger partial charge >= 0.3 is 0 Å². The third kappa shape index (κ3) is 5.13. The van der Waals surface area contributed by atoms with E-state index >= 15 is 0 Å². The minimum absolute atomic E-state index is 0.130. The Kier molecular flexibility index (Phi) is 6.44. The average Bonchev–Trinajstić information content (AvgIpc) is 2.54. The van der Waals surface area contributed by atoms with Gasteiger partial charge in [-0.15, -0.1) is 0 Å². The van der Waals surface area contributed by atoms with Crippen molar-refractivity contribution in [3.8, 4) is 0 Å². The lowest BCUT2D eigenvalue weighted by molar-refractivity contribution is -0.125. The topological polar surface area (TPSA) is 41.1 Å². The number of benzene rings is 2. The Bertz CT molecular complexity index is 691. The highest BCUT2D eigenvalue weighted by Crippen LogP contribution is 2.20. The molecule has 5 heteroatoms. The number of carbonyl (C=O) groups excluding carboxylic acids is 1. The zero-order valence-corrected chi connectivity index (χ0v) is 13.9. The van der Waals surface area contributed by atoms with E-state index in [1.807, 2.05) is 6.92 Å². The molecule has 1 amide bonds. The fourth-order valence-corrected chi connectivity index (χ4v) is 2.59. The minimum Gasteiger partial charge on any atom is -0.349 e. The lowest BCUT2D eigenvalue weighted by Crippen LogP contribution is -2.37. The first-order valence-electron chi connectivity index (χ1n) is 7.94. The van der Waals surface area contributed by atoms with E-state index in [0.29, 0.717) is 18.5 Å². The predicted molar refractivity (Wildman–Crippen MR) is 90.5 cm³/mol. The van der Waals surface area contributed by atoms with Crippen LogP contribution in [0.2, 0.25) is 0 Å². The van der Waals surface area contributed by atoms with Crippen molar-refractivity contribution < 1.29 is 13.6 Å². The molecule has 2 N–H and O–H groups in total. The van der Waals surface area contributed by atoms with Crippen molar-refractivity contribution in [2.24, 2.45) is 5.92 Å². The van der Waals surface area contributed by atoms with E-state index in [1.165, 1.54) is 24.3 Å². The van der Waals surface area contributed by atoms with Crippen molar-refractivity contribution >= 4 is 5.91 Å². The number of amides is 1. The summed E-state index contributed by atoms with van der Waals surface area (Å²) in [4.78, 5) is 12.3. The zero-order chi connectivity index (χ0) is 17.5. The summed E-state index contributed by atoms with van der Waals surface area (Å²) in [6, 6.07) is 11.9. The Labute approximate surface area is 141 Å². The molecule has 0 aliphatic carbocycles. The van der Waals surface area contributed by atoms with Crippen LogP contribution in [0.4, 0.5) is 8.78 Å². The third-order valence-corrected chi connectivity index (χ3v) is 3.85. The van der Waals surface area contributed by atoms with E-state index in [4.69, 9.17) is 0 Å². The first kappa shape index (κ1) is 18.1. The summed E-state index contributed by atoms with van der Waals surface area (Å²) in [5, 5.41) is 5.90. The molecule has 0 saturated carbocycles. The molecule has 2 aromatic rings. The van der Waals surface area contributed by atoms with Gasteiger partial charge in [-0.1, -0.05) is 31.2 Å². The molecule has 0 saturated heterocycles. The molecule has 0 aliphatic heterocycles. The summed E-state index contributed by atoms with van der Waals surface area (Å²) >= 11 is 0. The molecule has 0 aromatic heterocycles. The second-order valence-electron chi connectivity index (χ2n) is 5.91. The lowest BCUT2D eigenvalue weighted by Gasteiger charge is -2.22. The van der Waals surface area contributed by atoms with Crippen LogP contribution in [-0.2, 0) is 11.2 Å². The quantitative estimate of drug-likeness (QED) is 0.817. The first-order chi connectivity index (χ1) is 11.5. The molecule has 3 nitrogen and oxygen atoms in total. The number of hydrogen-bond acceptors (Lipinski definition) is 2. The van der Waals surface area contributed by atoms with E-state index in [1.54, 1.807) is 31.3 Å². The van der Waals surface area contributed by atoms with Gasteiger partial charge in [-0.3, -0.25) is 4.79 Å². The van der Waals surface area contributed by atoms with Crippen LogP contribution in [0.3, 0.4) is 0 Å². The summed E-state index contributed by atoms with van der Waals surface area (Å²) < 4.78 is 27.0. The highest BCUT2D eigenvalue weighted by molar-refractivity contribution is 5.79. The monoisotopic (exact) mass is 332 g/mol. The van der Waals surface area contributed by atoms with Crippen molar-refractivity contribution in [1.29, 1.82) is 0 Å². The van der Waals surface area contributed by atoms with E-state index in [-0.39, 0.29) is 23.5 Å². The van der Waals surface area contributed by atoms with Crippen LogP contribution in [0.15, 0.2) is 48.5 Å². The zero-order valence-electron chi connectivity index (χ0n) is 13.9. The summed E-state index contributed by atoms with van der Waals surface area (Å²) in [6.45, 7) is 2.36. The molecular weight excluding hydrogens is 310 g/mol. The van der Waals surface area contributed by atoms with E-state index in [9.17, 15) is 13.6 Å². The number of nitrogens with one attached hydrogen (secondary N) is 2. The molecule has 2 aromatic carbocycles. The van der Waals surface area contributed by atoms with E-state index in [2.05, 4.69) is 10.6 Å². The van der Waals surface area contributed by atoms with Gasteiger partial charge in [0.2, 0.25) is 5.91 Å². The fraction of sp³-hybridized carbons (Fsp3) is 0.316. The third-order valence-electron chi connectivity index (χ3n) is 3.85. The van der Waals surface area contributed by atoms with Crippen LogP contribution in [-0.4, -0.2) is 19.5 Å². The van der Waals surface area contributed by atoms with Gasteiger partial charge in [-0.2, -0.15) is 0 Å². The maximum atomic E-state index is 13.6. The second kappa shape index (κ2) is 8.55. The fourth-order valence-electron chi connectivity index (χ4n) is 2.59. The van der Waals surface area contributed by atoms with Gasteiger partial charge in [0.15, 0.2) is 0 Å². The summed E-state index contributed by atoms with van der Waals surface area (Å²) in [5.41, 5.74) is 1.40. The second-order valence-corrected chi connectivity index (χ2v) is 5.91. The molecule has 0 radical (unpaired) electrons. The maximum Gasteiger partial charge on any atom is 0.224 e. The molecule has 0 bridgehead atoms. The first-order valence-corrected chi connectivity index (χ1v) is 7.94. The van der Waals surface area contributed by atoms with Gasteiger partial charge in [0, 0.05) is 12.5 Å². The molecule has 128 valence electrons. The molecule has 2 atom stereocenters. The average molecular weight is 332 g/mol. The molecule has 0 fully saturated rings. The molecule has 2 unspecified atom stereocenters. The lowest BCUT2D eigenvalue weighted by atomic mass is 9.97. The Morgan fingerprint density at radius 1 is 1.08 bits per heavy atom. The molecule has 0 aliphatic rings. The largest absolute Gasteiger partial charge is 0.349 e. The number of carbonyl (C=O) groups is 1. The molecule has 24 heavy (non-hydrogen) atoms. The number of hydrogen-bond donors (Lipinski definition) is 2. The Morgan fingerprint density at radius 2 is 1.75 bits per heavy atom. The predicted octanol–water partition coefficient (Wildman–Crippen LogP) is 3.22. The highest BCUT2D eigenvalue weighted by Gasteiger charge is 2.19. The Hall–Kier alpha value is -2.27. The Morgan fingerprint density at radius 3 is 2.38 bits per heavy atom. The summed E-state index contributed by atoms with van der Waals surface area (Å²) in [7, 11) is 1.78. The van der Waals surface area contributed by atoms with Crippen LogP contribution in [0.1, 0.15) is 24.1 Å². The van der Waals surface area contributed by atoms with Crippen molar-refractivity contribution in [3.63, 3.8) is 0 Å². The normalized spacial score (nSPS) is 13.3. The molecule has 2 rings (SSSR count). The van der Waals surface area contributed by atoms with Crippen LogP contribution >= 0.6 is 0 Å². The SMILES string of the molecule is CNCC(C)C(=O)NC(Cc1cccc(F)c1)c1cccc(F)c1. The van der Waals surface area contributed by atoms with Crippen LogP contribution in [0.5, 0.6) is 0 Å². The van der Waals surface area contributed by atoms with Gasteiger partial charge in [0.25, 0.3) is 0 Å². The number of halogens is 2. The summed E-state index contributed by atoms with van der Waals surface area (Å²) in [6.07, 6.45) is 0.388. The van der Waals surface area contributed by atoms with Gasteiger partial charge in [-0.25, -0.2) is 8.78 Å². The van der Waals surface area contributed by atoms with Crippen molar-refractivity contribution in [1.82, 2.24) is 10.6 Å². The standard InChI is InChI=1S/C19H22F2N2O/c1-13(12-22-2)19(24)23-18(15-6-4-8-17(21)11-15)10-14-5-3-7-16(20)9-14/h3-9,11,13,18,22H,10,12H2,1-2H3,(H,23,24). The van der Waals surface area contributed by atoms with Crippen molar-refractivity contribution in [2.75, 3.05) is 13.6 Å². The van der Waals surface area contributed by atoms with Gasteiger partial charge in [0.1, 0.15) is 11.6 Å². The molecular formula is C19H22F2N2O. The minimum atomic E-state index is -0.422. The smallest absolute Gasteiger partial charge is 0.224 e. The molecule has 0 spiro atoms. The van der Waals surface area contributed by atoms with Crippen LogP contribution in [0.25, 0.3) is 0 Å².